The van der Waals surface area contributed by atoms with Crippen LogP contribution in [0.25, 0.3) is 11.1 Å². The summed E-state index contributed by atoms with van der Waals surface area (Å²) in [7, 11) is -3.77. The van der Waals surface area contributed by atoms with Gasteiger partial charge in [0.25, 0.3) is 0 Å². The summed E-state index contributed by atoms with van der Waals surface area (Å²) < 4.78 is 27.2. The van der Waals surface area contributed by atoms with Crippen LogP contribution >= 0.6 is 7.92 Å². The summed E-state index contributed by atoms with van der Waals surface area (Å²) in [5.74, 6) is 0. The monoisotopic (exact) mass is 571 g/mol. The Labute approximate surface area is 211 Å². The van der Waals surface area contributed by atoms with Crippen LogP contribution in [-0.2, 0) is 30.5 Å². The van der Waals surface area contributed by atoms with E-state index in [1.807, 2.05) is 48.5 Å². The Morgan fingerprint density at radius 1 is 0.969 bits per heavy atom. The zero-order valence-corrected chi connectivity index (χ0v) is 24.0. The zero-order valence-electron chi connectivity index (χ0n) is 20.7. The van der Waals surface area contributed by atoms with Gasteiger partial charge in [0.05, 0.1) is 10.1 Å². The summed E-state index contributed by atoms with van der Waals surface area (Å²) in [5.41, 5.74) is 8.72. The number of nitrogens with two attached hydrogens (primary N) is 1. The summed E-state index contributed by atoms with van der Waals surface area (Å²) in [4.78, 5) is 0. The van der Waals surface area contributed by atoms with E-state index >= 15 is 0 Å². The van der Waals surface area contributed by atoms with Gasteiger partial charge in [0, 0.05) is 6.26 Å². The molecule has 2 aromatic carbocycles. The molecular formula is C25H40NO3PPdS. The first-order valence-electron chi connectivity index (χ1n) is 10.6. The van der Waals surface area contributed by atoms with Crippen molar-refractivity contribution in [3.8, 4) is 11.1 Å². The molecule has 7 heteroatoms. The summed E-state index contributed by atoms with van der Waals surface area (Å²) in [6.45, 7) is 16.7. The van der Waals surface area contributed by atoms with Crippen LogP contribution in [0.4, 0.5) is 5.69 Å². The van der Waals surface area contributed by atoms with Gasteiger partial charge in [-0.3, -0.25) is 0 Å². The Morgan fingerprint density at radius 2 is 1.44 bits per heavy atom. The molecule has 2 N–H and O–H groups in total. The van der Waals surface area contributed by atoms with Crippen molar-refractivity contribution in [1.82, 2.24) is 0 Å². The smallest absolute Gasteiger partial charge is 0.748 e. The molecule has 0 aromatic heterocycles. The molecule has 0 saturated carbocycles. The molecule has 184 valence electrons. The number of unbranched alkanes of at least 4 members (excludes halogenated alkanes) is 1. The fourth-order valence-corrected chi connectivity index (χ4v) is 7.28. The number of hydrogen-bond donors (Lipinski definition) is 1. The molecule has 0 amide bonds. The maximum absolute atomic E-state index is 9.08. The maximum atomic E-state index is 9.08. The summed E-state index contributed by atoms with van der Waals surface area (Å²) in [6.07, 6.45) is 4.79. The Kier molecular flexibility index (Phi) is 15.9. The molecule has 0 radical (unpaired) electrons. The van der Waals surface area contributed by atoms with Gasteiger partial charge in [-0.1, -0.05) is 86.6 Å². The molecular weight excluding hydrogens is 532 g/mol. The van der Waals surface area contributed by atoms with Gasteiger partial charge >= 0.3 is 20.4 Å². The van der Waals surface area contributed by atoms with Gasteiger partial charge in [0.2, 0.25) is 0 Å². The summed E-state index contributed by atoms with van der Waals surface area (Å²) >= 11 is 0. The van der Waals surface area contributed by atoms with Gasteiger partial charge in [0.15, 0.2) is 0 Å². The maximum Gasteiger partial charge on any atom is 2.00 e. The first-order valence-corrected chi connectivity index (χ1v) is 13.9. The third-order valence-electron chi connectivity index (χ3n) is 4.31. The van der Waals surface area contributed by atoms with Crippen LogP contribution in [0.3, 0.4) is 0 Å². The van der Waals surface area contributed by atoms with Crippen molar-refractivity contribution in [2.24, 2.45) is 0 Å². The number of hydrogen-bond acceptors (Lipinski definition) is 4. The van der Waals surface area contributed by atoms with E-state index in [0.717, 1.165) is 16.8 Å². The Morgan fingerprint density at radius 3 is 1.81 bits per heavy atom. The van der Waals surface area contributed by atoms with E-state index in [1.54, 1.807) is 0 Å². The molecule has 0 aliphatic heterocycles. The minimum atomic E-state index is -3.92. The molecule has 0 atom stereocenters. The van der Waals surface area contributed by atoms with E-state index in [9.17, 15) is 0 Å². The van der Waals surface area contributed by atoms with Gasteiger partial charge < -0.3 is 10.3 Å². The van der Waals surface area contributed by atoms with Crippen LogP contribution in [-0.4, -0.2) is 35.7 Å². The van der Waals surface area contributed by atoms with Gasteiger partial charge in [-0.25, -0.2) is 8.42 Å². The van der Waals surface area contributed by atoms with Crippen LogP contribution in [0, 0.1) is 6.07 Å². The SMILES string of the molecule is CCCCP(C(C)(C)C)C(C)(C)C.CS(=O)(=O)[O-].Nc1ccccc1-c1[c-]cccc1.[Pd+2]. The number of benzene rings is 2. The Hall–Kier alpha value is -0.758. The standard InChI is InChI=1S/C12H10N.C12H27P.CH4O3S.Pd/c13-12-9-5-4-8-11(12)10-6-2-1-3-7-10;1-8-9-10-13(11(2,3)4)12(5,6)7;1-5(2,3)4;/h1-6,8-9H,13H2;8-10H2,1-7H3;1H3,(H,2,3,4);/q-1;;;+2/p-1. The number of rotatable bonds is 4. The molecule has 2 aromatic rings. The van der Waals surface area contributed by atoms with E-state index in [0.29, 0.717) is 16.6 Å². The van der Waals surface area contributed by atoms with Crippen molar-refractivity contribution in [2.45, 2.75) is 71.6 Å². The van der Waals surface area contributed by atoms with Crippen molar-refractivity contribution in [2.75, 3.05) is 18.2 Å². The third-order valence-corrected chi connectivity index (χ3v) is 8.32. The molecule has 0 heterocycles. The number of nitrogen functional groups attached to an aromatic ring is 1. The molecule has 0 aliphatic rings. The molecule has 0 spiro atoms. The van der Waals surface area contributed by atoms with Crippen molar-refractivity contribution in [3.05, 3.63) is 54.6 Å². The van der Waals surface area contributed by atoms with Gasteiger partial charge in [-0.15, -0.1) is 35.9 Å². The molecule has 0 bridgehead atoms. The minimum Gasteiger partial charge on any atom is -0.748 e. The topological polar surface area (TPSA) is 83.2 Å². The van der Waals surface area contributed by atoms with Gasteiger partial charge in [-0.2, -0.15) is 0 Å². The predicted molar refractivity (Wildman–Crippen MR) is 137 cm³/mol. The quantitative estimate of drug-likeness (QED) is 0.144. The van der Waals surface area contributed by atoms with Crippen molar-refractivity contribution in [1.29, 1.82) is 0 Å². The summed E-state index contributed by atoms with van der Waals surface area (Å²) in [5, 5.41) is 1.03. The number of para-hydroxylation sites is 1. The van der Waals surface area contributed by atoms with Gasteiger partial charge in [0.1, 0.15) is 0 Å². The second-order valence-electron chi connectivity index (χ2n) is 9.41. The zero-order chi connectivity index (χ0) is 24.3. The average molecular weight is 572 g/mol. The molecule has 0 unspecified atom stereocenters. The normalized spacial score (nSPS) is 11.4. The predicted octanol–water partition coefficient (Wildman–Crippen LogP) is 6.76. The van der Waals surface area contributed by atoms with Crippen LogP contribution in [0.1, 0.15) is 61.3 Å². The molecule has 0 fully saturated rings. The number of anilines is 1. The first-order chi connectivity index (χ1) is 14.1. The van der Waals surface area contributed by atoms with Crippen LogP contribution < -0.4 is 5.73 Å². The first kappa shape index (κ1) is 33.4. The largest absolute Gasteiger partial charge is 2.00 e. The molecule has 2 rings (SSSR count). The van der Waals surface area contributed by atoms with E-state index in [4.69, 9.17) is 18.7 Å². The summed E-state index contributed by atoms with van der Waals surface area (Å²) in [6, 6.07) is 18.8. The van der Waals surface area contributed by atoms with E-state index < -0.39 is 10.1 Å². The molecule has 0 aliphatic carbocycles. The van der Waals surface area contributed by atoms with Crippen LogP contribution in [0.5, 0.6) is 0 Å². The van der Waals surface area contributed by atoms with E-state index in [-0.39, 0.29) is 28.3 Å². The Bertz CT molecular complexity index is 839. The van der Waals surface area contributed by atoms with Crippen molar-refractivity contribution in [3.63, 3.8) is 0 Å². The second kappa shape index (κ2) is 15.2. The van der Waals surface area contributed by atoms with Crippen molar-refractivity contribution < 1.29 is 33.4 Å². The van der Waals surface area contributed by atoms with E-state index in [2.05, 4.69) is 54.5 Å². The second-order valence-corrected chi connectivity index (χ2v) is 14.8. The fraction of sp³-hybridized carbons (Fsp3) is 0.520. The molecule has 0 saturated heterocycles. The molecule has 32 heavy (non-hydrogen) atoms. The average Bonchev–Trinajstić information content (AvgIpc) is 2.60. The Balaban J connectivity index is 0. The van der Waals surface area contributed by atoms with Crippen molar-refractivity contribution >= 4 is 23.7 Å². The van der Waals surface area contributed by atoms with E-state index in [1.165, 1.54) is 19.0 Å². The minimum absolute atomic E-state index is 0. The van der Waals surface area contributed by atoms with Gasteiger partial charge in [-0.05, 0) is 34.6 Å². The third kappa shape index (κ3) is 15.9. The van der Waals surface area contributed by atoms with Crippen LogP contribution in [0.15, 0.2) is 48.5 Å². The van der Waals surface area contributed by atoms with Crippen LogP contribution in [0.2, 0.25) is 0 Å². The molecule has 4 nitrogen and oxygen atoms in total. The fourth-order valence-electron chi connectivity index (χ4n) is 3.30.